The van der Waals surface area contributed by atoms with Gasteiger partial charge in [0.2, 0.25) is 0 Å². The van der Waals surface area contributed by atoms with E-state index in [4.69, 9.17) is 9.47 Å². The van der Waals surface area contributed by atoms with E-state index in [0.717, 1.165) is 34.4 Å². The van der Waals surface area contributed by atoms with E-state index in [1.54, 1.807) is 7.11 Å². The van der Waals surface area contributed by atoms with E-state index in [1.807, 2.05) is 36.4 Å². The zero-order chi connectivity index (χ0) is 14.7. The Labute approximate surface area is 124 Å². The third-order valence-corrected chi connectivity index (χ3v) is 3.77. The largest absolute Gasteiger partial charge is 0.491 e. The maximum Gasteiger partial charge on any atom is 0.163 e. The Morgan fingerprint density at radius 2 is 1.86 bits per heavy atom. The Morgan fingerprint density at radius 1 is 1.00 bits per heavy atom. The maximum atomic E-state index is 11.7. The summed E-state index contributed by atoms with van der Waals surface area (Å²) >= 11 is 0. The van der Waals surface area contributed by atoms with Crippen LogP contribution in [0.5, 0.6) is 5.75 Å². The minimum atomic E-state index is 0.251. The van der Waals surface area contributed by atoms with Crippen LogP contribution in [0.25, 0.3) is 11.1 Å². The first-order valence-electron chi connectivity index (χ1n) is 7.17. The molecule has 1 aliphatic rings. The van der Waals surface area contributed by atoms with Crippen molar-refractivity contribution in [1.29, 1.82) is 0 Å². The van der Waals surface area contributed by atoms with Gasteiger partial charge < -0.3 is 9.47 Å². The number of carbonyl (C=O) groups is 1. The van der Waals surface area contributed by atoms with Gasteiger partial charge in [-0.3, -0.25) is 4.79 Å². The molecule has 2 aromatic carbocycles. The third-order valence-electron chi connectivity index (χ3n) is 3.77. The molecule has 0 unspecified atom stereocenters. The van der Waals surface area contributed by atoms with Crippen molar-refractivity contribution in [2.45, 2.75) is 12.8 Å². The first-order valence-corrected chi connectivity index (χ1v) is 7.17. The summed E-state index contributed by atoms with van der Waals surface area (Å²) in [5.41, 5.74) is 4.16. The van der Waals surface area contributed by atoms with E-state index in [1.165, 1.54) is 0 Å². The Hall–Kier alpha value is -2.13. The number of ether oxygens (including phenoxy) is 2. The maximum absolute atomic E-state index is 11.7. The Bertz CT molecular complexity index is 661. The Balaban J connectivity index is 1.92. The number of para-hydroxylation sites is 1. The fourth-order valence-corrected chi connectivity index (χ4v) is 2.69. The van der Waals surface area contributed by atoms with Crippen molar-refractivity contribution in [3.05, 3.63) is 53.6 Å². The summed E-state index contributed by atoms with van der Waals surface area (Å²) in [6, 6.07) is 14.0. The van der Waals surface area contributed by atoms with Crippen LogP contribution in [-0.2, 0) is 11.2 Å². The number of Topliss-reactive ketones (excluding diaryl/α,β-unsaturated/α-hetero) is 1. The van der Waals surface area contributed by atoms with E-state index in [9.17, 15) is 4.79 Å². The van der Waals surface area contributed by atoms with Gasteiger partial charge in [0.05, 0.1) is 6.61 Å². The molecule has 0 saturated carbocycles. The summed E-state index contributed by atoms with van der Waals surface area (Å²) in [6.07, 6.45) is 1.47. The van der Waals surface area contributed by atoms with Crippen LogP contribution >= 0.6 is 0 Å². The lowest BCUT2D eigenvalue weighted by atomic mass is 10.00. The molecule has 0 radical (unpaired) electrons. The SMILES string of the molecule is COCCOc1ccccc1-c1ccc2c(c1)CCC2=O. The monoisotopic (exact) mass is 282 g/mol. The summed E-state index contributed by atoms with van der Waals surface area (Å²) in [7, 11) is 1.66. The lowest BCUT2D eigenvalue weighted by Crippen LogP contribution is -2.05. The fraction of sp³-hybridized carbons (Fsp3) is 0.278. The number of ketones is 1. The first kappa shape index (κ1) is 13.8. The van der Waals surface area contributed by atoms with Gasteiger partial charge in [-0.15, -0.1) is 0 Å². The summed E-state index contributed by atoms with van der Waals surface area (Å²) < 4.78 is 10.8. The van der Waals surface area contributed by atoms with Crippen molar-refractivity contribution in [3.63, 3.8) is 0 Å². The van der Waals surface area contributed by atoms with Gasteiger partial charge in [-0.2, -0.15) is 0 Å². The van der Waals surface area contributed by atoms with E-state index in [2.05, 4.69) is 6.07 Å². The molecule has 0 aliphatic heterocycles. The van der Waals surface area contributed by atoms with Gasteiger partial charge in [-0.25, -0.2) is 0 Å². The molecule has 0 amide bonds. The van der Waals surface area contributed by atoms with E-state index in [-0.39, 0.29) is 5.78 Å². The summed E-state index contributed by atoms with van der Waals surface area (Å²) in [4.78, 5) is 11.7. The highest BCUT2D eigenvalue weighted by atomic mass is 16.5. The molecule has 3 heteroatoms. The normalized spacial score (nSPS) is 13.3. The molecular formula is C18H18O3. The third kappa shape index (κ3) is 2.83. The molecule has 0 atom stereocenters. The second kappa shape index (κ2) is 6.10. The van der Waals surface area contributed by atoms with Crippen molar-refractivity contribution in [2.24, 2.45) is 0 Å². The number of aryl methyl sites for hydroxylation is 1. The highest BCUT2D eigenvalue weighted by Gasteiger charge is 2.20. The smallest absolute Gasteiger partial charge is 0.163 e. The molecule has 3 rings (SSSR count). The number of hydrogen-bond donors (Lipinski definition) is 0. The standard InChI is InChI=1S/C18H18O3/c1-20-10-11-21-18-5-3-2-4-16(18)14-6-8-15-13(12-14)7-9-17(15)19/h2-6,8,12H,7,9-11H2,1H3. The molecule has 0 spiro atoms. The van der Waals surface area contributed by atoms with Crippen LogP contribution in [-0.4, -0.2) is 26.1 Å². The highest BCUT2D eigenvalue weighted by Crippen LogP contribution is 2.33. The predicted molar refractivity (Wildman–Crippen MR) is 81.9 cm³/mol. The van der Waals surface area contributed by atoms with Crippen molar-refractivity contribution in [2.75, 3.05) is 20.3 Å². The van der Waals surface area contributed by atoms with Gasteiger partial charge in [0.1, 0.15) is 12.4 Å². The van der Waals surface area contributed by atoms with Crippen LogP contribution in [0.2, 0.25) is 0 Å². The Kier molecular flexibility index (Phi) is 4.02. The van der Waals surface area contributed by atoms with Crippen molar-refractivity contribution < 1.29 is 14.3 Å². The minimum absolute atomic E-state index is 0.251. The second-order valence-corrected chi connectivity index (χ2v) is 5.13. The average molecular weight is 282 g/mol. The summed E-state index contributed by atoms with van der Waals surface area (Å²) in [5.74, 6) is 1.10. The summed E-state index contributed by atoms with van der Waals surface area (Å²) in [5, 5.41) is 0. The molecule has 0 heterocycles. The molecule has 21 heavy (non-hydrogen) atoms. The average Bonchev–Trinajstić information content (AvgIpc) is 2.89. The first-order chi connectivity index (χ1) is 10.3. The molecule has 2 aromatic rings. The van der Waals surface area contributed by atoms with Crippen LogP contribution in [0.1, 0.15) is 22.3 Å². The fourth-order valence-electron chi connectivity index (χ4n) is 2.69. The molecule has 0 saturated heterocycles. The highest BCUT2D eigenvalue weighted by molar-refractivity contribution is 6.01. The predicted octanol–water partition coefficient (Wildman–Crippen LogP) is 3.51. The van der Waals surface area contributed by atoms with Crippen molar-refractivity contribution in [1.82, 2.24) is 0 Å². The van der Waals surface area contributed by atoms with Crippen LogP contribution in [0.4, 0.5) is 0 Å². The van der Waals surface area contributed by atoms with Gasteiger partial charge in [-0.05, 0) is 23.6 Å². The molecular weight excluding hydrogens is 264 g/mol. The Morgan fingerprint density at radius 3 is 2.71 bits per heavy atom. The molecule has 0 fully saturated rings. The van der Waals surface area contributed by atoms with Gasteiger partial charge >= 0.3 is 0 Å². The summed E-state index contributed by atoms with van der Waals surface area (Å²) in [6.45, 7) is 1.09. The van der Waals surface area contributed by atoms with Crippen LogP contribution in [0, 0.1) is 0 Å². The van der Waals surface area contributed by atoms with E-state index < -0.39 is 0 Å². The zero-order valence-corrected chi connectivity index (χ0v) is 12.1. The number of methoxy groups -OCH3 is 1. The molecule has 3 nitrogen and oxygen atoms in total. The molecule has 0 bridgehead atoms. The zero-order valence-electron chi connectivity index (χ0n) is 12.1. The number of hydrogen-bond acceptors (Lipinski definition) is 3. The molecule has 0 N–H and O–H groups in total. The van der Waals surface area contributed by atoms with Crippen LogP contribution in [0.3, 0.4) is 0 Å². The molecule has 1 aliphatic carbocycles. The van der Waals surface area contributed by atoms with Gasteiger partial charge in [-0.1, -0.05) is 36.4 Å². The van der Waals surface area contributed by atoms with Gasteiger partial charge in [0, 0.05) is 24.7 Å². The minimum Gasteiger partial charge on any atom is -0.491 e. The quantitative estimate of drug-likeness (QED) is 0.787. The molecule has 0 aromatic heterocycles. The molecule has 108 valence electrons. The number of rotatable bonds is 5. The van der Waals surface area contributed by atoms with E-state index in [0.29, 0.717) is 19.6 Å². The lowest BCUT2D eigenvalue weighted by Gasteiger charge is -2.12. The lowest BCUT2D eigenvalue weighted by molar-refractivity contribution is 0.0994. The van der Waals surface area contributed by atoms with Crippen LogP contribution in [0.15, 0.2) is 42.5 Å². The number of fused-ring (bicyclic) bond motifs is 1. The van der Waals surface area contributed by atoms with Gasteiger partial charge in [0.15, 0.2) is 5.78 Å². The number of carbonyl (C=O) groups excluding carboxylic acids is 1. The second-order valence-electron chi connectivity index (χ2n) is 5.13. The number of benzene rings is 2. The van der Waals surface area contributed by atoms with Crippen molar-refractivity contribution in [3.8, 4) is 16.9 Å². The van der Waals surface area contributed by atoms with E-state index >= 15 is 0 Å². The topological polar surface area (TPSA) is 35.5 Å². The van der Waals surface area contributed by atoms with Crippen molar-refractivity contribution >= 4 is 5.78 Å². The van der Waals surface area contributed by atoms with Gasteiger partial charge in [0.25, 0.3) is 0 Å². The van der Waals surface area contributed by atoms with Crippen LogP contribution < -0.4 is 4.74 Å².